The summed E-state index contributed by atoms with van der Waals surface area (Å²) in [5.74, 6) is 1.03. The molecule has 92 valence electrons. The standard InChI is InChI=1S/C12H22N2O2/c15-12(8-11-9-16-7-6-13-11)14-5-4-10-2-1-3-10/h10-11,13H,1-9H2,(H,14,15). The average Bonchev–Trinajstić information content (AvgIpc) is 2.23. The van der Waals surface area contributed by atoms with Crippen molar-refractivity contribution in [3.05, 3.63) is 0 Å². The topological polar surface area (TPSA) is 50.4 Å². The highest BCUT2D eigenvalue weighted by atomic mass is 16.5. The maximum Gasteiger partial charge on any atom is 0.221 e. The summed E-state index contributed by atoms with van der Waals surface area (Å²) in [5, 5.41) is 6.28. The van der Waals surface area contributed by atoms with Gasteiger partial charge in [0.1, 0.15) is 0 Å². The summed E-state index contributed by atoms with van der Waals surface area (Å²) >= 11 is 0. The molecule has 4 nitrogen and oxygen atoms in total. The van der Waals surface area contributed by atoms with E-state index in [1.807, 2.05) is 0 Å². The van der Waals surface area contributed by atoms with Gasteiger partial charge in [-0.1, -0.05) is 19.3 Å². The lowest BCUT2D eigenvalue weighted by Gasteiger charge is -2.26. The van der Waals surface area contributed by atoms with E-state index in [9.17, 15) is 4.79 Å². The minimum Gasteiger partial charge on any atom is -0.378 e. The van der Waals surface area contributed by atoms with Gasteiger partial charge in [0.05, 0.1) is 13.2 Å². The zero-order chi connectivity index (χ0) is 11.2. The second-order valence-electron chi connectivity index (χ2n) is 4.87. The molecule has 0 aromatic rings. The Morgan fingerprint density at radius 1 is 1.44 bits per heavy atom. The van der Waals surface area contributed by atoms with Crippen molar-refractivity contribution in [3.8, 4) is 0 Å². The summed E-state index contributed by atoms with van der Waals surface area (Å²) in [6.45, 7) is 3.13. The fourth-order valence-corrected chi connectivity index (χ4v) is 2.24. The summed E-state index contributed by atoms with van der Waals surface area (Å²) in [4.78, 5) is 11.6. The van der Waals surface area contributed by atoms with Crippen LogP contribution >= 0.6 is 0 Å². The van der Waals surface area contributed by atoms with Crippen LogP contribution in [0.2, 0.25) is 0 Å². The fraction of sp³-hybridized carbons (Fsp3) is 0.917. The summed E-state index contributed by atoms with van der Waals surface area (Å²) < 4.78 is 5.31. The van der Waals surface area contributed by atoms with Gasteiger partial charge in [-0.2, -0.15) is 0 Å². The molecule has 1 saturated heterocycles. The minimum atomic E-state index is 0.155. The van der Waals surface area contributed by atoms with Crippen molar-refractivity contribution < 1.29 is 9.53 Å². The Balaban J connectivity index is 1.52. The zero-order valence-corrected chi connectivity index (χ0v) is 9.84. The van der Waals surface area contributed by atoms with Crippen molar-refractivity contribution in [1.82, 2.24) is 10.6 Å². The van der Waals surface area contributed by atoms with Gasteiger partial charge in [-0.15, -0.1) is 0 Å². The molecule has 0 aromatic heterocycles. The Morgan fingerprint density at radius 2 is 2.31 bits per heavy atom. The van der Waals surface area contributed by atoms with E-state index in [-0.39, 0.29) is 11.9 Å². The molecule has 16 heavy (non-hydrogen) atoms. The van der Waals surface area contributed by atoms with Crippen LogP contribution in [0, 0.1) is 5.92 Å². The minimum absolute atomic E-state index is 0.155. The number of nitrogens with one attached hydrogen (secondary N) is 2. The van der Waals surface area contributed by atoms with Crippen molar-refractivity contribution in [2.45, 2.75) is 38.1 Å². The number of carbonyl (C=O) groups excluding carboxylic acids is 1. The first kappa shape index (κ1) is 11.9. The zero-order valence-electron chi connectivity index (χ0n) is 9.84. The molecule has 1 atom stereocenters. The van der Waals surface area contributed by atoms with Crippen LogP contribution in [0.25, 0.3) is 0 Å². The van der Waals surface area contributed by atoms with Crippen molar-refractivity contribution >= 4 is 5.91 Å². The summed E-state index contributed by atoms with van der Waals surface area (Å²) in [5.41, 5.74) is 0. The maximum atomic E-state index is 11.6. The van der Waals surface area contributed by atoms with Gasteiger partial charge >= 0.3 is 0 Å². The Kier molecular flexibility index (Phi) is 4.60. The fourth-order valence-electron chi connectivity index (χ4n) is 2.24. The van der Waals surface area contributed by atoms with Crippen molar-refractivity contribution in [2.75, 3.05) is 26.3 Å². The number of ether oxygens (including phenoxy) is 1. The predicted octanol–water partition coefficient (Wildman–Crippen LogP) is 0.671. The molecular weight excluding hydrogens is 204 g/mol. The molecule has 1 unspecified atom stereocenters. The van der Waals surface area contributed by atoms with Gasteiger partial charge in [-0.05, 0) is 12.3 Å². The molecule has 1 aliphatic heterocycles. The van der Waals surface area contributed by atoms with E-state index in [0.717, 1.165) is 32.0 Å². The summed E-state index contributed by atoms with van der Waals surface area (Å²) in [7, 11) is 0. The van der Waals surface area contributed by atoms with Gasteiger partial charge in [-0.3, -0.25) is 4.79 Å². The van der Waals surface area contributed by atoms with Gasteiger partial charge in [0, 0.05) is 25.6 Å². The number of carbonyl (C=O) groups is 1. The number of morpholine rings is 1. The molecule has 4 heteroatoms. The van der Waals surface area contributed by atoms with Crippen molar-refractivity contribution in [2.24, 2.45) is 5.92 Å². The van der Waals surface area contributed by atoms with Gasteiger partial charge in [0.15, 0.2) is 0 Å². The van der Waals surface area contributed by atoms with Gasteiger partial charge in [0.2, 0.25) is 5.91 Å². The first-order valence-electron chi connectivity index (χ1n) is 6.42. The molecule has 2 aliphatic rings. The molecular formula is C12H22N2O2. The molecule has 0 aromatic carbocycles. The Hall–Kier alpha value is -0.610. The monoisotopic (exact) mass is 226 g/mol. The molecule has 0 bridgehead atoms. The molecule has 2 fully saturated rings. The van der Waals surface area contributed by atoms with Crippen LogP contribution in [0.15, 0.2) is 0 Å². The van der Waals surface area contributed by atoms with E-state index in [1.165, 1.54) is 19.3 Å². The van der Waals surface area contributed by atoms with E-state index >= 15 is 0 Å². The van der Waals surface area contributed by atoms with Gasteiger partial charge in [0.25, 0.3) is 0 Å². The molecule has 0 radical (unpaired) electrons. The van der Waals surface area contributed by atoms with E-state index in [0.29, 0.717) is 13.0 Å². The van der Waals surface area contributed by atoms with E-state index < -0.39 is 0 Å². The lowest BCUT2D eigenvalue weighted by atomic mass is 9.83. The lowest BCUT2D eigenvalue weighted by molar-refractivity contribution is -0.122. The first-order valence-corrected chi connectivity index (χ1v) is 6.42. The number of rotatable bonds is 5. The molecule has 1 amide bonds. The third-order valence-corrected chi connectivity index (χ3v) is 3.53. The van der Waals surface area contributed by atoms with Crippen LogP contribution < -0.4 is 10.6 Å². The number of hydrogen-bond acceptors (Lipinski definition) is 3. The van der Waals surface area contributed by atoms with Crippen molar-refractivity contribution in [3.63, 3.8) is 0 Å². The van der Waals surface area contributed by atoms with E-state index in [4.69, 9.17) is 4.74 Å². The third kappa shape index (κ3) is 3.76. The highest BCUT2D eigenvalue weighted by Gasteiger charge is 2.18. The molecule has 1 aliphatic carbocycles. The second-order valence-corrected chi connectivity index (χ2v) is 4.87. The van der Waals surface area contributed by atoms with Gasteiger partial charge < -0.3 is 15.4 Å². The van der Waals surface area contributed by atoms with Crippen LogP contribution in [0.3, 0.4) is 0 Å². The van der Waals surface area contributed by atoms with Crippen LogP contribution in [-0.2, 0) is 9.53 Å². The molecule has 1 saturated carbocycles. The van der Waals surface area contributed by atoms with Crippen LogP contribution in [-0.4, -0.2) is 38.3 Å². The number of amides is 1. The lowest BCUT2D eigenvalue weighted by Crippen LogP contribution is -2.44. The maximum absolute atomic E-state index is 11.6. The molecule has 0 spiro atoms. The van der Waals surface area contributed by atoms with Crippen LogP contribution in [0.4, 0.5) is 0 Å². The van der Waals surface area contributed by atoms with Crippen LogP contribution in [0.1, 0.15) is 32.1 Å². The molecule has 2 N–H and O–H groups in total. The first-order chi connectivity index (χ1) is 7.84. The van der Waals surface area contributed by atoms with E-state index in [1.54, 1.807) is 0 Å². The van der Waals surface area contributed by atoms with Crippen molar-refractivity contribution in [1.29, 1.82) is 0 Å². The second kappa shape index (κ2) is 6.21. The molecule has 2 rings (SSSR count). The third-order valence-electron chi connectivity index (χ3n) is 3.53. The predicted molar refractivity (Wildman–Crippen MR) is 62.2 cm³/mol. The van der Waals surface area contributed by atoms with Crippen LogP contribution in [0.5, 0.6) is 0 Å². The highest BCUT2D eigenvalue weighted by molar-refractivity contribution is 5.76. The Morgan fingerprint density at radius 3 is 2.94 bits per heavy atom. The SMILES string of the molecule is O=C(CC1COCCN1)NCCC1CCC1. The summed E-state index contributed by atoms with van der Waals surface area (Å²) in [6, 6.07) is 0.206. The Bertz CT molecular complexity index is 223. The smallest absolute Gasteiger partial charge is 0.221 e. The quantitative estimate of drug-likeness (QED) is 0.724. The highest BCUT2D eigenvalue weighted by Crippen LogP contribution is 2.28. The Labute approximate surface area is 97.1 Å². The largest absolute Gasteiger partial charge is 0.378 e. The average molecular weight is 226 g/mol. The molecule has 1 heterocycles. The summed E-state index contributed by atoms with van der Waals surface area (Å²) in [6.07, 6.45) is 5.79. The normalized spacial score (nSPS) is 26.1. The number of hydrogen-bond donors (Lipinski definition) is 2. The van der Waals surface area contributed by atoms with Gasteiger partial charge in [-0.25, -0.2) is 0 Å². The van der Waals surface area contributed by atoms with E-state index in [2.05, 4.69) is 10.6 Å².